The number of rotatable bonds is 8. The fraction of sp³-hybridized carbons (Fsp3) is 1.00. The number of unbranched alkanes of at least 4 members (excludes halogenated alkanes) is 1. The normalized spacial score (nSPS) is 31.2. The largest absolute Gasteiger partial charge is 0.500 e. The molecule has 106 valence electrons. The summed E-state index contributed by atoms with van der Waals surface area (Å²) < 4.78 is 22.8. The molecule has 0 N–H and O–H groups in total. The molecular weight excluding hydrogens is 248 g/mol. The van der Waals surface area contributed by atoms with Gasteiger partial charge in [0.05, 0.1) is 12.2 Å². The fourth-order valence-corrected chi connectivity index (χ4v) is 4.98. The number of epoxide rings is 1. The molecule has 0 aromatic heterocycles. The van der Waals surface area contributed by atoms with Gasteiger partial charge in [-0.3, -0.25) is 0 Å². The third-order valence-electron chi connectivity index (χ3n) is 4.11. The second-order valence-electron chi connectivity index (χ2n) is 5.40. The Morgan fingerprint density at radius 1 is 1.17 bits per heavy atom. The first kappa shape index (κ1) is 14.5. The Kier molecular flexibility index (Phi) is 5.21. The highest BCUT2D eigenvalue weighted by molar-refractivity contribution is 6.60. The molecule has 2 fully saturated rings. The molecule has 1 saturated carbocycles. The van der Waals surface area contributed by atoms with Crippen molar-refractivity contribution in [3.63, 3.8) is 0 Å². The van der Waals surface area contributed by atoms with Gasteiger partial charge < -0.3 is 18.0 Å². The predicted octanol–water partition coefficient (Wildman–Crippen LogP) is 2.60. The average molecular weight is 274 g/mol. The highest BCUT2D eigenvalue weighted by atomic mass is 28.4. The molecule has 1 saturated heterocycles. The van der Waals surface area contributed by atoms with E-state index in [1.54, 1.807) is 14.2 Å². The minimum atomic E-state index is -2.40. The molecule has 1 aliphatic heterocycles. The second kappa shape index (κ2) is 6.48. The molecule has 0 amide bonds. The summed E-state index contributed by atoms with van der Waals surface area (Å²) in [5.74, 6) is 0.618. The lowest BCUT2D eigenvalue weighted by Crippen LogP contribution is -2.45. The van der Waals surface area contributed by atoms with Crippen LogP contribution in [0.3, 0.4) is 0 Å². The molecule has 3 unspecified atom stereocenters. The molecule has 0 spiro atoms. The van der Waals surface area contributed by atoms with E-state index < -0.39 is 8.80 Å². The first-order chi connectivity index (χ1) is 8.73. The zero-order chi connectivity index (χ0) is 13.0. The van der Waals surface area contributed by atoms with Crippen LogP contribution < -0.4 is 0 Å². The Labute approximate surface area is 111 Å². The summed E-state index contributed by atoms with van der Waals surface area (Å²) in [7, 11) is 1.03. The molecule has 5 heteroatoms. The number of fused-ring (bicyclic) bond motifs is 1. The molecule has 2 aliphatic rings. The summed E-state index contributed by atoms with van der Waals surface area (Å²) in [5, 5.41) is 0. The van der Waals surface area contributed by atoms with Gasteiger partial charge in [-0.15, -0.1) is 0 Å². The molecule has 4 nitrogen and oxygen atoms in total. The van der Waals surface area contributed by atoms with Crippen LogP contribution in [0.5, 0.6) is 0 Å². The molecule has 18 heavy (non-hydrogen) atoms. The molecule has 0 aromatic carbocycles. The van der Waals surface area contributed by atoms with Crippen LogP contribution >= 0.6 is 0 Å². The number of hydrogen-bond acceptors (Lipinski definition) is 4. The lowest BCUT2D eigenvalue weighted by atomic mass is 9.90. The Bertz CT molecular complexity index is 257. The van der Waals surface area contributed by atoms with Crippen LogP contribution in [0, 0.1) is 5.92 Å². The Morgan fingerprint density at radius 3 is 2.56 bits per heavy atom. The first-order valence-corrected chi connectivity index (χ1v) is 9.06. The van der Waals surface area contributed by atoms with E-state index >= 15 is 0 Å². The van der Waals surface area contributed by atoms with Crippen molar-refractivity contribution < 1.29 is 18.0 Å². The maximum Gasteiger partial charge on any atom is 0.500 e. The molecule has 2 rings (SSSR count). The van der Waals surface area contributed by atoms with E-state index in [1.165, 1.54) is 12.8 Å². The molecule has 0 bridgehead atoms. The summed E-state index contributed by atoms with van der Waals surface area (Å²) in [6.45, 7) is 2.94. The van der Waals surface area contributed by atoms with Crippen LogP contribution in [0.4, 0.5) is 0 Å². The van der Waals surface area contributed by atoms with Gasteiger partial charge in [0.15, 0.2) is 0 Å². The van der Waals surface area contributed by atoms with E-state index in [9.17, 15) is 0 Å². The summed E-state index contributed by atoms with van der Waals surface area (Å²) in [4.78, 5) is 0. The number of hydrogen-bond donors (Lipinski definition) is 0. The summed E-state index contributed by atoms with van der Waals surface area (Å²) in [6.07, 6.45) is 6.89. The maximum absolute atomic E-state index is 6.08. The minimum absolute atomic E-state index is 0.518. The Hall–Kier alpha value is 0.0569. The van der Waals surface area contributed by atoms with Crippen molar-refractivity contribution in [3.8, 4) is 0 Å². The molecule has 3 atom stereocenters. The third-order valence-corrected chi connectivity index (χ3v) is 6.93. The fourth-order valence-electron chi connectivity index (χ4n) is 2.75. The molecule has 0 radical (unpaired) electrons. The lowest BCUT2D eigenvalue weighted by Gasteiger charge is -2.29. The zero-order valence-corrected chi connectivity index (χ0v) is 12.8. The van der Waals surface area contributed by atoms with Gasteiger partial charge in [0, 0.05) is 26.9 Å². The van der Waals surface area contributed by atoms with Gasteiger partial charge in [0.1, 0.15) is 0 Å². The summed E-state index contributed by atoms with van der Waals surface area (Å²) >= 11 is 0. The van der Waals surface area contributed by atoms with Gasteiger partial charge in [0.25, 0.3) is 0 Å². The van der Waals surface area contributed by atoms with Crippen molar-refractivity contribution in [2.24, 2.45) is 5.92 Å². The van der Waals surface area contributed by atoms with Crippen LogP contribution in [0.15, 0.2) is 0 Å². The van der Waals surface area contributed by atoms with Crippen molar-refractivity contribution in [1.29, 1.82) is 0 Å². The van der Waals surface area contributed by atoms with Gasteiger partial charge >= 0.3 is 8.80 Å². The second-order valence-corrected chi connectivity index (χ2v) is 8.37. The van der Waals surface area contributed by atoms with Crippen molar-refractivity contribution in [2.45, 2.75) is 57.3 Å². The predicted molar refractivity (Wildman–Crippen MR) is 71.4 cm³/mol. The van der Waals surface area contributed by atoms with E-state index in [2.05, 4.69) is 6.92 Å². The lowest BCUT2D eigenvalue weighted by molar-refractivity contribution is 0.0753. The van der Waals surface area contributed by atoms with Crippen molar-refractivity contribution in [1.82, 2.24) is 0 Å². The summed E-state index contributed by atoms with van der Waals surface area (Å²) in [5.41, 5.74) is 0. The van der Waals surface area contributed by atoms with Crippen molar-refractivity contribution >= 4 is 8.80 Å². The van der Waals surface area contributed by atoms with E-state index in [0.29, 0.717) is 18.1 Å². The highest BCUT2D eigenvalue weighted by Crippen LogP contribution is 2.39. The van der Waals surface area contributed by atoms with E-state index in [1.807, 2.05) is 0 Å². The van der Waals surface area contributed by atoms with Crippen LogP contribution in [0.25, 0.3) is 0 Å². The first-order valence-electron chi connectivity index (χ1n) is 7.12. The molecular formula is C13H26O4Si. The van der Waals surface area contributed by atoms with Crippen molar-refractivity contribution in [3.05, 3.63) is 0 Å². The van der Waals surface area contributed by atoms with Gasteiger partial charge in [-0.2, -0.15) is 0 Å². The third kappa shape index (κ3) is 3.54. The van der Waals surface area contributed by atoms with Crippen LogP contribution in [-0.4, -0.2) is 41.8 Å². The highest BCUT2D eigenvalue weighted by Gasteiger charge is 2.45. The monoisotopic (exact) mass is 274 g/mol. The number of ether oxygens (including phenoxy) is 1. The topological polar surface area (TPSA) is 40.2 Å². The molecule has 1 aliphatic carbocycles. The van der Waals surface area contributed by atoms with E-state index in [4.69, 9.17) is 18.0 Å². The summed E-state index contributed by atoms with van der Waals surface area (Å²) in [6, 6.07) is 0.922. The van der Waals surface area contributed by atoms with E-state index in [-0.39, 0.29) is 0 Å². The maximum atomic E-state index is 6.08. The van der Waals surface area contributed by atoms with Crippen LogP contribution in [0.2, 0.25) is 6.04 Å². The van der Waals surface area contributed by atoms with Crippen molar-refractivity contribution in [2.75, 3.05) is 20.8 Å². The zero-order valence-electron chi connectivity index (χ0n) is 11.8. The molecule has 1 heterocycles. The quantitative estimate of drug-likeness (QED) is 0.504. The Morgan fingerprint density at radius 2 is 1.94 bits per heavy atom. The van der Waals surface area contributed by atoms with E-state index in [0.717, 1.165) is 31.9 Å². The van der Waals surface area contributed by atoms with Gasteiger partial charge in [-0.25, -0.2) is 0 Å². The average Bonchev–Trinajstić information content (AvgIpc) is 3.18. The SMILES string of the molecule is CCCC[Si](OC)(OC)OCC1CCC2OC2C1. The van der Waals surface area contributed by atoms with Crippen LogP contribution in [-0.2, 0) is 18.0 Å². The van der Waals surface area contributed by atoms with Gasteiger partial charge in [-0.05, 0) is 31.6 Å². The smallest absolute Gasteiger partial charge is 0.377 e. The molecule has 0 aromatic rings. The standard InChI is InChI=1S/C13H26O4Si/c1-4-5-8-18(14-2,15-3)16-10-11-6-7-12-13(9-11)17-12/h11-13H,4-10H2,1-3H3. The minimum Gasteiger partial charge on any atom is -0.377 e. The van der Waals surface area contributed by atoms with Crippen LogP contribution in [0.1, 0.15) is 39.0 Å². The Balaban J connectivity index is 1.76. The van der Waals surface area contributed by atoms with Gasteiger partial charge in [-0.1, -0.05) is 13.3 Å². The van der Waals surface area contributed by atoms with Gasteiger partial charge in [0.2, 0.25) is 0 Å².